The van der Waals surface area contributed by atoms with Gasteiger partial charge >= 0.3 is 0 Å². The lowest BCUT2D eigenvalue weighted by Gasteiger charge is -2.36. The maximum Gasteiger partial charge on any atom is 0.250 e. The van der Waals surface area contributed by atoms with Crippen molar-refractivity contribution in [3.8, 4) is 11.5 Å². The van der Waals surface area contributed by atoms with Crippen LogP contribution in [0.5, 0.6) is 11.5 Å². The molecule has 5 aliphatic heterocycles. The largest absolute Gasteiger partial charge is 0.486 e. The molecule has 2 aromatic carbocycles. The molecule has 2 aromatic rings. The normalized spacial score (nSPS) is 32.3. The second kappa shape index (κ2) is 6.10. The first-order chi connectivity index (χ1) is 15.6. The molecule has 32 heavy (non-hydrogen) atoms. The van der Waals surface area contributed by atoms with Crippen LogP contribution >= 0.6 is 0 Å². The third-order valence-electron chi connectivity index (χ3n) is 7.68. The maximum atomic E-state index is 13.9. The zero-order valence-corrected chi connectivity index (χ0v) is 17.2. The molecule has 1 N–H and O–H groups in total. The van der Waals surface area contributed by atoms with Crippen LogP contribution < -0.4 is 19.7 Å². The van der Waals surface area contributed by atoms with Crippen LogP contribution in [0.3, 0.4) is 0 Å². The van der Waals surface area contributed by atoms with Crippen molar-refractivity contribution in [1.82, 2.24) is 4.90 Å². The number of para-hydroxylation sites is 1. The summed E-state index contributed by atoms with van der Waals surface area (Å²) in [4.78, 5) is 44.6. The highest BCUT2D eigenvalue weighted by Crippen LogP contribution is 2.60. The molecule has 4 atom stereocenters. The molecule has 0 bridgehead atoms. The van der Waals surface area contributed by atoms with E-state index in [0.29, 0.717) is 36.9 Å². The number of hydrogen-bond donors (Lipinski definition) is 1. The quantitative estimate of drug-likeness (QED) is 0.694. The molecular formula is C24H21N3O5. The minimum absolute atomic E-state index is 0.129. The highest BCUT2D eigenvalue weighted by atomic mass is 16.6. The van der Waals surface area contributed by atoms with Crippen LogP contribution in [-0.2, 0) is 19.9 Å². The van der Waals surface area contributed by atoms with Gasteiger partial charge in [0.2, 0.25) is 17.7 Å². The summed E-state index contributed by atoms with van der Waals surface area (Å²) in [7, 11) is 0. The third-order valence-corrected chi connectivity index (χ3v) is 7.68. The standard InChI is InChI=1S/C24H21N3O5/c28-21-19-16-6-3-9-26(16)24(14-4-1-2-5-15(14)25-23(24)30)20(19)22(29)27(21)13-7-8-17-18(12-13)32-11-10-31-17/h1-2,4-5,7-8,12,16,19-20H,3,6,9-11H2,(H,25,30)/t16-,19+,20-,24+/m0/s1. The average Bonchev–Trinajstić information content (AvgIpc) is 3.51. The number of hydrogen-bond acceptors (Lipinski definition) is 6. The topological polar surface area (TPSA) is 88.2 Å². The van der Waals surface area contributed by atoms with Crippen LogP contribution in [0.4, 0.5) is 11.4 Å². The van der Waals surface area contributed by atoms with E-state index in [1.54, 1.807) is 18.2 Å². The van der Waals surface area contributed by atoms with Crippen molar-refractivity contribution in [3.05, 3.63) is 48.0 Å². The Morgan fingerprint density at radius 1 is 0.969 bits per heavy atom. The SMILES string of the molecule is O=C1[C@H]2[C@@H](C(=O)N1c1ccc3c(c1)OCCO3)[C@]1(C(=O)Nc3ccccc31)N1CCC[C@@H]21. The molecule has 8 nitrogen and oxygen atoms in total. The van der Waals surface area contributed by atoms with Crippen molar-refractivity contribution in [2.45, 2.75) is 24.4 Å². The minimum Gasteiger partial charge on any atom is -0.486 e. The predicted molar refractivity (Wildman–Crippen MR) is 113 cm³/mol. The summed E-state index contributed by atoms with van der Waals surface area (Å²) in [5, 5.41) is 2.99. The highest BCUT2D eigenvalue weighted by molar-refractivity contribution is 6.26. The van der Waals surface area contributed by atoms with E-state index in [1.807, 2.05) is 24.3 Å². The summed E-state index contributed by atoms with van der Waals surface area (Å²) < 4.78 is 11.3. The first kappa shape index (κ1) is 18.2. The van der Waals surface area contributed by atoms with Crippen LogP contribution in [0.1, 0.15) is 18.4 Å². The van der Waals surface area contributed by atoms with Crippen LogP contribution in [0, 0.1) is 11.8 Å². The van der Waals surface area contributed by atoms with E-state index in [-0.39, 0.29) is 23.8 Å². The van der Waals surface area contributed by atoms with Crippen molar-refractivity contribution in [1.29, 1.82) is 0 Å². The second-order valence-corrected chi connectivity index (χ2v) is 9.01. The van der Waals surface area contributed by atoms with Gasteiger partial charge in [-0.2, -0.15) is 0 Å². The number of carbonyl (C=O) groups excluding carboxylic acids is 3. The lowest BCUT2D eigenvalue weighted by molar-refractivity contribution is -0.135. The van der Waals surface area contributed by atoms with E-state index < -0.39 is 17.4 Å². The number of nitrogens with one attached hydrogen (secondary N) is 1. The van der Waals surface area contributed by atoms with Gasteiger partial charge in [0.05, 0.1) is 17.5 Å². The second-order valence-electron chi connectivity index (χ2n) is 9.01. The van der Waals surface area contributed by atoms with Gasteiger partial charge in [-0.25, -0.2) is 4.90 Å². The molecule has 0 aromatic heterocycles. The van der Waals surface area contributed by atoms with Crippen LogP contribution in [0.25, 0.3) is 0 Å². The molecule has 5 heterocycles. The number of ether oxygens (including phenoxy) is 2. The molecule has 5 aliphatic rings. The van der Waals surface area contributed by atoms with Gasteiger partial charge in [-0.1, -0.05) is 18.2 Å². The Labute approximate surface area is 184 Å². The van der Waals surface area contributed by atoms with E-state index in [2.05, 4.69) is 10.2 Å². The van der Waals surface area contributed by atoms with Crippen LogP contribution in [0.15, 0.2) is 42.5 Å². The molecule has 3 amide bonds. The Morgan fingerprint density at radius 2 is 1.78 bits per heavy atom. The number of nitrogens with zero attached hydrogens (tertiary/aromatic N) is 2. The monoisotopic (exact) mass is 431 g/mol. The molecule has 3 fully saturated rings. The summed E-state index contributed by atoms with van der Waals surface area (Å²) in [6.45, 7) is 1.58. The number of rotatable bonds is 1. The van der Waals surface area contributed by atoms with Crippen molar-refractivity contribution in [3.63, 3.8) is 0 Å². The smallest absolute Gasteiger partial charge is 0.250 e. The molecule has 0 saturated carbocycles. The molecule has 162 valence electrons. The van der Waals surface area contributed by atoms with Gasteiger partial charge in [0.1, 0.15) is 18.8 Å². The Bertz CT molecular complexity index is 1210. The zero-order valence-electron chi connectivity index (χ0n) is 17.2. The summed E-state index contributed by atoms with van der Waals surface area (Å²) in [5.41, 5.74) is 0.846. The Morgan fingerprint density at radius 3 is 2.66 bits per heavy atom. The fraction of sp³-hybridized carbons (Fsp3) is 0.375. The minimum atomic E-state index is -1.14. The highest BCUT2D eigenvalue weighted by Gasteiger charge is 2.74. The van der Waals surface area contributed by atoms with Crippen LogP contribution in [-0.4, -0.2) is 48.4 Å². The lowest BCUT2D eigenvalue weighted by Crippen LogP contribution is -2.54. The van der Waals surface area contributed by atoms with E-state index in [1.165, 1.54) is 4.90 Å². The molecule has 7 rings (SSSR count). The number of anilines is 2. The first-order valence-electron chi connectivity index (χ1n) is 11.1. The van der Waals surface area contributed by atoms with Gasteiger partial charge in [-0.15, -0.1) is 0 Å². The average molecular weight is 431 g/mol. The van der Waals surface area contributed by atoms with E-state index in [0.717, 1.165) is 24.1 Å². The molecule has 3 saturated heterocycles. The molecule has 8 heteroatoms. The van der Waals surface area contributed by atoms with E-state index in [9.17, 15) is 14.4 Å². The third kappa shape index (κ3) is 1.99. The van der Waals surface area contributed by atoms with Gasteiger partial charge in [0, 0.05) is 23.4 Å². The molecular weight excluding hydrogens is 410 g/mol. The molecule has 0 aliphatic carbocycles. The Hall–Kier alpha value is -3.39. The summed E-state index contributed by atoms with van der Waals surface area (Å²) >= 11 is 0. The first-order valence-corrected chi connectivity index (χ1v) is 11.1. The van der Waals surface area contributed by atoms with Gasteiger partial charge in [0.25, 0.3) is 0 Å². The molecule has 0 radical (unpaired) electrons. The Balaban J connectivity index is 1.39. The molecule has 0 unspecified atom stereocenters. The zero-order chi connectivity index (χ0) is 21.6. The van der Waals surface area contributed by atoms with Crippen molar-refractivity contribution < 1.29 is 23.9 Å². The fourth-order valence-electron chi connectivity index (χ4n) is 6.58. The Kier molecular flexibility index (Phi) is 3.47. The number of amides is 3. The van der Waals surface area contributed by atoms with Gasteiger partial charge in [-0.3, -0.25) is 19.3 Å². The van der Waals surface area contributed by atoms with Gasteiger partial charge in [0.15, 0.2) is 11.5 Å². The summed E-state index contributed by atoms with van der Waals surface area (Å²) in [6, 6.07) is 12.5. The fourth-order valence-corrected chi connectivity index (χ4v) is 6.58. The van der Waals surface area contributed by atoms with Crippen LogP contribution in [0.2, 0.25) is 0 Å². The van der Waals surface area contributed by atoms with Gasteiger partial charge in [-0.05, 0) is 37.6 Å². The number of benzene rings is 2. The lowest BCUT2D eigenvalue weighted by atomic mass is 9.75. The number of imide groups is 1. The maximum absolute atomic E-state index is 13.9. The van der Waals surface area contributed by atoms with Crippen molar-refractivity contribution in [2.75, 3.05) is 30.0 Å². The van der Waals surface area contributed by atoms with E-state index in [4.69, 9.17) is 9.47 Å². The summed E-state index contributed by atoms with van der Waals surface area (Å²) in [6.07, 6.45) is 1.70. The number of fused-ring (bicyclic) bond motifs is 8. The summed E-state index contributed by atoms with van der Waals surface area (Å²) in [5.74, 6) is -0.939. The number of carbonyl (C=O) groups is 3. The van der Waals surface area contributed by atoms with E-state index >= 15 is 0 Å². The van der Waals surface area contributed by atoms with Crippen molar-refractivity contribution in [2.24, 2.45) is 11.8 Å². The van der Waals surface area contributed by atoms with Gasteiger partial charge < -0.3 is 14.8 Å². The molecule has 1 spiro atoms. The predicted octanol–water partition coefficient (Wildman–Crippen LogP) is 1.89. The van der Waals surface area contributed by atoms with Crippen molar-refractivity contribution >= 4 is 29.1 Å².